The minimum absolute atomic E-state index is 0.130. The van der Waals surface area contributed by atoms with Crippen molar-refractivity contribution in [2.24, 2.45) is 11.8 Å². The first-order valence-corrected chi connectivity index (χ1v) is 5.75. The average molecular weight is 208 g/mol. The monoisotopic (exact) mass is 208 g/mol. The highest BCUT2D eigenvalue weighted by molar-refractivity contribution is 5.79. The zero-order valence-electron chi connectivity index (χ0n) is 9.86. The smallest absolute Gasteiger partial charge is 0.227 e. The third-order valence-electron chi connectivity index (χ3n) is 3.33. The number of nitrogens with zero attached hydrogens (tertiary/aromatic N) is 2. The Bertz CT molecular complexity index is 267. The molecule has 0 aromatic carbocycles. The number of carbonyl (C=O) groups is 1. The van der Waals surface area contributed by atoms with Gasteiger partial charge in [0.15, 0.2) is 0 Å². The number of rotatable bonds is 3. The molecule has 2 atom stereocenters. The van der Waals surface area contributed by atoms with Gasteiger partial charge in [-0.3, -0.25) is 4.79 Å². The Morgan fingerprint density at radius 3 is 2.60 bits per heavy atom. The van der Waals surface area contributed by atoms with Crippen LogP contribution in [-0.4, -0.2) is 23.4 Å². The van der Waals surface area contributed by atoms with Crippen LogP contribution in [0.1, 0.15) is 40.0 Å². The lowest BCUT2D eigenvalue weighted by Crippen LogP contribution is -2.41. The fourth-order valence-electron chi connectivity index (χ4n) is 2.32. The van der Waals surface area contributed by atoms with Gasteiger partial charge in [-0.25, -0.2) is 0 Å². The number of carbonyl (C=O) groups excluding carboxylic acids is 1. The number of amides is 1. The van der Waals surface area contributed by atoms with Crippen molar-refractivity contribution in [3.05, 3.63) is 0 Å². The SMILES string of the molecule is CC1CCCC1C(=O)N(CC#N)C(C)C. The molecule has 0 bridgehead atoms. The van der Waals surface area contributed by atoms with E-state index in [2.05, 4.69) is 13.0 Å². The van der Waals surface area contributed by atoms with Gasteiger partial charge in [0, 0.05) is 12.0 Å². The van der Waals surface area contributed by atoms with Crippen LogP contribution in [0, 0.1) is 23.2 Å². The second-order valence-electron chi connectivity index (χ2n) is 4.73. The zero-order valence-corrected chi connectivity index (χ0v) is 9.86. The topological polar surface area (TPSA) is 44.1 Å². The Balaban J connectivity index is 2.67. The van der Waals surface area contributed by atoms with Crippen molar-refractivity contribution in [2.45, 2.75) is 46.1 Å². The molecule has 0 aliphatic heterocycles. The van der Waals surface area contributed by atoms with E-state index in [1.54, 1.807) is 4.90 Å². The van der Waals surface area contributed by atoms with E-state index in [0.29, 0.717) is 5.92 Å². The van der Waals surface area contributed by atoms with Gasteiger partial charge in [0.05, 0.1) is 6.07 Å². The molecule has 0 saturated heterocycles. The van der Waals surface area contributed by atoms with E-state index in [-0.39, 0.29) is 24.4 Å². The van der Waals surface area contributed by atoms with Gasteiger partial charge in [0.1, 0.15) is 6.54 Å². The van der Waals surface area contributed by atoms with Crippen molar-refractivity contribution >= 4 is 5.91 Å². The Hall–Kier alpha value is -1.04. The first kappa shape index (κ1) is 12.0. The van der Waals surface area contributed by atoms with E-state index >= 15 is 0 Å². The summed E-state index contributed by atoms with van der Waals surface area (Å²) in [4.78, 5) is 13.9. The minimum Gasteiger partial charge on any atom is -0.327 e. The second kappa shape index (κ2) is 5.16. The third-order valence-corrected chi connectivity index (χ3v) is 3.33. The summed E-state index contributed by atoms with van der Waals surface area (Å²) in [5.41, 5.74) is 0. The molecule has 0 N–H and O–H groups in total. The molecule has 1 saturated carbocycles. The van der Waals surface area contributed by atoms with Crippen LogP contribution in [0.3, 0.4) is 0 Å². The molecule has 0 heterocycles. The highest BCUT2D eigenvalue weighted by Crippen LogP contribution is 2.32. The van der Waals surface area contributed by atoms with Gasteiger partial charge < -0.3 is 4.90 Å². The molecule has 3 heteroatoms. The van der Waals surface area contributed by atoms with Crippen molar-refractivity contribution < 1.29 is 4.79 Å². The van der Waals surface area contributed by atoms with Crippen molar-refractivity contribution in [1.29, 1.82) is 5.26 Å². The van der Waals surface area contributed by atoms with Crippen LogP contribution < -0.4 is 0 Å². The van der Waals surface area contributed by atoms with Crippen LogP contribution in [-0.2, 0) is 4.79 Å². The molecular formula is C12H20N2O. The quantitative estimate of drug-likeness (QED) is 0.667. The van der Waals surface area contributed by atoms with Gasteiger partial charge in [-0.15, -0.1) is 0 Å². The van der Waals surface area contributed by atoms with Gasteiger partial charge in [-0.1, -0.05) is 13.3 Å². The maximum absolute atomic E-state index is 12.2. The van der Waals surface area contributed by atoms with Crippen LogP contribution in [0.2, 0.25) is 0 Å². The summed E-state index contributed by atoms with van der Waals surface area (Å²) in [7, 11) is 0. The Kier molecular flexibility index (Phi) is 4.14. The van der Waals surface area contributed by atoms with Crippen LogP contribution in [0.4, 0.5) is 0 Å². The maximum atomic E-state index is 12.2. The van der Waals surface area contributed by atoms with Crippen LogP contribution in [0.5, 0.6) is 0 Å². The summed E-state index contributed by atoms with van der Waals surface area (Å²) >= 11 is 0. The van der Waals surface area contributed by atoms with Crippen LogP contribution >= 0.6 is 0 Å². The van der Waals surface area contributed by atoms with Gasteiger partial charge in [0.2, 0.25) is 5.91 Å². The minimum atomic E-state index is 0.130. The number of hydrogen-bond acceptors (Lipinski definition) is 2. The van der Waals surface area contributed by atoms with E-state index in [9.17, 15) is 4.79 Å². The Morgan fingerprint density at radius 1 is 1.53 bits per heavy atom. The van der Waals surface area contributed by atoms with Crippen molar-refractivity contribution in [3.8, 4) is 6.07 Å². The maximum Gasteiger partial charge on any atom is 0.227 e. The summed E-state index contributed by atoms with van der Waals surface area (Å²) in [5, 5.41) is 8.70. The van der Waals surface area contributed by atoms with E-state index in [1.807, 2.05) is 13.8 Å². The van der Waals surface area contributed by atoms with Gasteiger partial charge in [-0.2, -0.15) is 5.26 Å². The lowest BCUT2D eigenvalue weighted by atomic mass is 9.96. The lowest BCUT2D eigenvalue weighted by molar-refractivity contribution is -0.137. The molecule has 0 aromatic rings. The summed E-state index contributed by atoms with van der Waals surface area (Å²) in [6.45, 7) is 6.30. The molecule has 1 aliphatic rings. The molecule has 84 valence electrons. The summed E-state index contributed by atoms with van der Waals surface area (Å²) < 4.78 is 0. The largest absolute Gasteiger partial charge is 0.327 e. The molecule has 3 nitrogen and oxygen atoms in total. The summed E-state index contributed by atoms with van der Waals surface area (Å²) in [6, 6.07) is 2.20. The summed E-state index contributed by atoms with van der Waals surface area (Å²) in [5.74, 6) is 0.815. The van der Waals surface area contributed by atoms with Crippen LogP contribution in [0.15, 0.2) is 0 Å². The normalized spacial score (nSPS) is 25.3. The zero-order chi connectivity index (χ0) is 11.4. The van der Waals surface area contributed by atoms with E-state index in [0.717, 1.165) is 19.3 Å². The highest BCUT2D eigenvalue weighted by atomic mass is 16.2. The van der Waals surface area contributed by atoms with Crippen molar-refractivity contribution in [1.82, 2.24) is 4.90 Å². The standard InChI is InChI=1S/C12H20N2O/c1-9(2)14(8-7-13)12(15)11-6-4-5-10(11)3/h9-11H,4-6,8H2,1-3H3. The molecule has 0 radical (unpaired) electrons. The molecule has 1 amide bonds. The molecule has 0 spiro atoms. The first-order chi connectivity index (χ1) is 7.07. The first-order valence-electron chi connectivity index (χ1n) is 5.75. The number of hydrogen-bond donors (Lipinski definition) is 0. The average Bonchev–Trinajstić information content (AvgIpc) is 2.59. The Labute approximate surface area is 92.1 Å². The van der Waals surface area contributed by atoms with E-state index in [4.69, 9.17) is 5.26 Å². The van der Waals surface area contributed by atoms with Crippen molar-refractivity contribution in [2.75, 3.05) is 6.54 Å². The molecule has 1 fully saturated rings. The third kappa shape index (κ3) is 2.71. The Morgan fingerprint density at radius 2 is 2.20 bits per heavy atom. The molecule has 2 unspecified atom stereocenters. The van der Waals surface area contributed by atoms with E-state index < -0.39 is 0 Å². The fraction of sp³-hybridized carbons (Fsp3) is 0.833. The molecular weight excluding hydrogens is 188 g/mol. The fourth-order valence-corrected chi connectivity index (χ4v) is 2.32. The molecule has 0 aromatic heterocycles. The predicted octanol–water partition coefficient (Wildman–Crippen LogP) is 2.18. The second-order valence-corrected chi connectivity index (χ2v) is 4.73. The van der Waals surface area contributed by atoms with Gasteiger partial charge in [0.25, 0.3) is 0 Å². The number of nitriles is 1. The molecule has 1 rings (SSSR count). The molecule has 15 heavy (non-hydrogen) atoms. The predicted molar refractivity (Wildman–Crippen MR) is 59.0 cm³/mol. The van der Waals surface area contributed by atoms with Crippen LogP contribution in [0.25, 0.3) is 0 Å². The van der Waals surface area contributed by atoms with Gasteiger partial charge in [-0.05, 0) is 32.6 Å². The summed E-state index contributed by atoms with van der Waals surface area (Å²) in [6.07, 6.45) is 3.29. The molecule has 1 aliphatic carbocycles. The van der Waals surface area contributed by atoms with Gasteiger partial charge >= 0.3 is 0 Å². The lowest BCUT2D eigenvalue weighted by Gasteiger charge is -2.28. The van der Waals surface area contributed by atoms with Crippen molar-refractivity contribution in [3.63, 3.8) is 0 Å². The highest BCUT2D eigenvalue weighted by Gasteiger charge is 2.33. The van der Waals surface area contributed by atoms with E-state index in [1.165, 1.54) is 0 Å².